The highest BCUT2D eigenvalue weighted by Gasteiger charge is 2.21. The lowest BCUT2D eigenvalue weighted by Crippen LogP contribution is -2.48. The Labute approximate surface area is 98.2 Å². The van der Waals surface area contributed by atoms with E-state index in [1.165, 1.54) is 6.33 Å². The molecular formula is C10H15N5O2. The summed E-state index contributed by atoms with van der Waals surface area (Å²) < 4.78 is 0. The summed E-state index contributed by atoms with van der Waals surface area (Å²) in [6.07, 6.45) is 1.34. The Bertz CT molecular complexity index is 476. The van der Waals surface area contributed by atoms with Crippen molar-refractivity contribution < 1.29 is 4.79 Å². The zero-order valence-electron chi connectivity index (χ0n) is 9.64. The number of nitrogens with two attached hydrogens (primary N) is 1. The number of nitrogens with one attached hydrogen (secondary N) is 1. The van der Waals surface area contributed by atoms with E-state index in [-0.39, 0.29) is 17.2 Å². The number of nitrogens with zero attached hydrogens (tertiary/aromatic N) is 3. The summed E-state index contributed by atoms with van der Waals surface area (Å²) in [4.78, 5) is 32.7. The molecule has 0 atom stereocenters. The van der Waals surface area contributed by atoms with Crippen molar-refractivity contribution in [2.24, 2.45) is 0 Å². The van der Waals surface area contributed by atoms with Crippen LogP contribution in [0.3, 0.4) is 0 Å². The van der Waals surface area contributed by atoms with Crippen LogP contribution < -0.4 is 16.2 Å². The molecule has 2 rings (SSSR count). The molecule has 17 heavy (non-hydrogen) atoms. The number of nitrogen functional groups attached to an aromatic ring is 1. The number of carbonyl (C=O) groups excluding carboxylic acids is 1. The second kappa shape index (κ2) is 4.44. The van der Waals surface area contributed by atoms with E-state index in [0.717, 1.165) is 0 Å². The molecule has 1 aromatic rings. The Kier molecular flexibility index (Phi) is 2.99. The number of hydrogen-bond acceptors (Lipinski definition) is 5. The van der Waals surface area contributed by atoms with Gasteiger partial charge in [-0.25, -0.2) is 4.98 Å². The summed E-state index contributed by atoms with van der Waals surface area (Å²) in [5.41, 5.74) is 5.48. The third-order valence-electron chi connectivity index (χ3n) is 2.89. The fraction of sp³-hybridized carbons (Fsp3) is 0.500. The van der Waals surface area contributed by atoms with Crippen LogP contribution in [-0.2, 0) is 4.79 Å². The fourth-order valence-corrected chi connectivity index (χ4v) is 1.89. The molecule has 1 fully saturated rings. The molecular weight excluding hydrogens is 222 g/mol. The molecule has 7 heteroatoms. The van der Waals surface area contributed by atoms with Gasteiger partial charge in [0.2, 0.25) is 5.91 Å². The number of rotatable bonds is 1. The van der Waals surface area contributed by atoms with Gasteiger partial charge in [0.05, 0.1) is 6.33 Å². The molecule has 92 valence electrons. The minimum atomic E-state index is -0.330. The first-order chi connectivity index (χ1) is 8.09. The molecule has 1 amide bonds. The molecule has 0 radical (unpaired) electrons. The van der Waals surface area contributed by atoms with Gasteiger partial charge in [0.15, 0.2) is 5.82 Å². The summed E-state index contributed by atoms with van der Waals surface area (Å²) >= 11 is 0. The summed E-state index contributed by atoms with van der Waals surface area (Å²) in [7, 11) is 0. The van der Waals surface area contributed by atoms with Crippen molar-refractivity contribution in [1.29, 1.82) is 0 Å². The minimum Gasteiger partial charge on any atom is -0.391 e. The van der Waals surface area contributed by atoms with Crippen LogP contribution in [-0.4, -0.2) is 47.0 Å². The van der Waals surface area contributed by atoms with Gasteiger partial charge in [-0.1, -0.05) is 0 Å². The lowest BCUT2D eigenvalue weighted by Gasteiger charge is -2.35. The van der Waals surface area contributed by atoms with Gasteiger partial charge in [0, 0.05) is 33.1 Å². The quantitative estimate of drug-likeness (QED) is 0.654. The van der Waals surface area contributed by atoms with Gasteiger partial charge in [0.1, 0.15) is 5.69 Å². The molecule has 1 saturated heterocycles. The third-order valence-corrected chi connectivity index (χ3v) is 2.89. The normalized spacial score (nSPS) is 16.1. The zero-order chi connectivity index (χ0) is 12.4. The Hall–Kier alpha value is -2.05. The highest BCUT2D eigenvalue weighted by atomic mass is 16.2. The lowest BCUT2D eigenvalue weighted by atomic mass is 10.3. The van der Waals surface area contributed by atoms with Crippen LogP contribution >= 0.6 is 0 Å². The van der Waals surface area contributed by atoms with E-state index < -0.39 is 0 Å². The third kappa shape index (κ3) is 2.22. The van der Waals surface area contributed by atoms with Crippen LogP contribution in [0.15, 0.2) is 11.1 Å². The standard InChI is InChI=1S/C10H15N5O2/c1-7(16)14-2-4-15(5-3-14)9-8(11)10(17)13-6-12-9/h6H,2-5,11H2,1H3,(H,12,13,17). The molecule has 2 heterocycles. The Morgan fingerprint density at radius 1 is 1.41 bits per heavy atom. The smallest absolute Gasteiger partial charge is 0.276 e. The first-order valence-corrected chi connectivity index (χ1v) is 5.43. The maximum absolute atomic E-state index is 11.3. The molecule has 7 nitrogen and oxygen atoms in total. The Balaban J connectivity index is 2.13. The summed E-state index contributed by atoms with van der Waals surface area (Å²) in [5, 5.41) is 0. The second-order valence-corrected chi connectivity index (χ2v) is 3.96. The first-order valence-electron chi connectivity index (χ1n) is 5.43. The van der Waals surface area contributed by atoms with Gasteiger partial charge in [-0.15, -0.1) is 0 Å². The minimum absolute atomic E-state index is 0.0662. The van der Waals surface area contributed by atoms with Gasteiger partial charge in [0.25, 0.3) is 5.56 Å². The number of aromatic amines is 1. The largest absolute Gasteiger partial charge is 0.391 e. The Morgan fingerprint density at radius 3 is 2.65 bits per heavy atom. The van der Waals surface area contributed by atoms with Crippen LogP contribution in [0.5, 0.6) is 0 Å². The van der Waals surface area contributed by atoms with Crippen molar-refractivity contribution >= 4 is 17.4 Å². The van der Waals surface area contributed by atoms with E-state index in [1.807, 2.05) is 4.90 Å². The number of anilines is 2. The van der Waals surface area contributed by atoms with Crippen molar-refractivity contribution in [2.45, 2.75) is 6.92 Å². The van der Waals surface area contributed by atoms with Gasteiger partial charge in [-0.05, 0) is 0 Å². The predicted octanol–water partition coefficient (Wildman–Crippen LogP) is -0.979. The molecule has 0 bridgehead atoms. The average molecular weight is 237 g/mol. The predicted molar refractivity (Wildman–Crippen MR) is 63.7 cm³/mol. The zero-order valence-corrected chi connectivity index (χ0v) is 9.64. The second-order valence-electron chi connectivity index (χ2n) is 3.96. The molecule has 0 saturated carbocycles. The van der Waals surface area contributed by atoms with Crippen molar-refractivity contribution in [3.05, 3.63) is 16.7 Å². The van der Waals surface area contributed by atoms with E-state index in [0.29, 0.717) is 32.0 Å². The Morgan fingerprint density at radius 2 is 2.06 bits per heavy atom. The average Bonchev–Trinajstić information content (AvgIpc) is 2.33. The first kappa shape index (κ1) is 11.4. The number of aromatic nitrogens is 2. The monoisotopic (exact) mass is 237 g/mol. The summed E-state index contributed by atoms with van der Waals surface area (Å²) in [5.74, 6) is 0.563. The van der Waals surface area contributed by atoms with Crippen molar-refractivity contribution in [3.8, 4) is 0 Å². The van der Waals surface area contributed by atoms with Gasteiger partial charge < -0.3 is 20.5 Å². The van der Waals surface area contributed by atoms with E-state index >= 15 is 0 Å². The van der Waals surface area contributed by atoms with Crippen LogP contribution in [0.4, 0.5) is 11.5 Å². The topological polar surface area (TPSA) is 95.3 Å². The maximum atomic E-state index is 11.3. The SMILES string of the molecule is CC(=O)N1CCN(c2nc[nH]c(=O)c2N)CC1. The van der Waals surface area contributed by atoms with Gasteiger partial charge in [-0.2, -0.15) is 0 Å². The van der Waals surface area contributed by atoms with Gasteiger partial charge in [-0.3, -0.25) is 9.59 Å². The molecule has 1 aromatic heterocycles. The molecule has 1 aliphatic heterocycles. The van der Waals surface area contributed by atoms with Crippen molar-refractivity contribution in [3.63, 3.8) is 0 Å². The fourth-order valence-electron chi connectivity index (χ4n) is 1.89. The molecule has 1 aliphatic rings. The summed E-state index contributed by atoms with van der Waals surface area (Å²) in [6.45, 7) is 4.09. The molecule has 0 unspecified atom stereocenters. The maximum Gasteiger partial charge on any atom is 0.276 e. The van der Waals surface area contributed by atoms with Crippen molar-refractivity contribution in [2.75, 3.05) is 36.8 Å². The number of piperazine rings is 1. The lowest BCUT2D eigenvalue weighted by molar-refractivity contribution is -0.129. The highest BCUT2D eigenvalue weighted by Crippen LogP contribution is 2.16. The van der Waals surface area contributed by atoms with Gasteiger partial charge >= 0.3 is 0 Å². The number of carbonyl (C=O) groups is 1. The number of hydrogen-bond donors (Lipinski definition) is 2. The molecule has 0 spiro atoms. The van der Waals surface area contributed by atoms with Crippen molar-refractivity contribution in [1.82, 2.24) is 14.9 Å². The van der Waals surface area contributed by atoms with Crippen LogP contribution in [0, 0.1) is 0 Å². The van der Waals surface area contributed by atoms with Crippen LogP contribution in [0.25, 0.3) is 0 Å². The van der Waals surface area contributed by atoms with Crippen LogP contribution in [0.2, 0.25) is 0 Å². The summed E-state index contributed by atoms with van der Waals surface area (Å²) in [6, 6.07) is 0. The number of H-pyrrole nitrogens is 1. The molecule has 3 N–H and O–H groups in total. The van der Waals surface area contributed by atoms with E-state index in [1.54, 1.807) is 11.8 Å². The highest BCUT2D eigenvalue weighted by molar-refractivity contribution is 5.73. The van der Waals surface area contributed by atoms with E-state index in [4.69, 9.17) is 5.73 Å². The number of amides is 1. The van der Waals surface area contributed by atoms with E-state index in [2.05, 4.69) is 9.97 Å². The molecule has 0 aromatic carbocycles. The molecule has 0 aliphatic carbocycles. The van der Waals surface area contributed by atoms with E-state index in [9.17, 15) is 9.59 Å². The van der Waals surface area contributed by atoms with Crippen LogP contribution in [0.1, 0.15) is 6.92 Å².